The maximum Gasteiger partial charge on any atom is 0.309 e. The minimum absolute atomic E-state index is 0.0290. The van der Waals surface area contributed by atoms with Crippen molar-refractivity contribution in [1.29, 1.82) is 0 Å². The van der Waals surface area contributed by atoms with Gasteiger partial charge in [0.2, 0.25) is 0 Å². The molecule has 0 aliphatic heterocycles. The molecule has 0 fully saturated rings. The van der Waals surface area contributed by atoms with Gasteiger partial charge in [0.1, 0.15) is 6.61 Å². The Morgan fingerprint density at radius 1 is 1.35 bits per heavy atom. The quantitative estimate of drug-likeness (QED) is 0.614. The van der Waals surface area contributed by atoms with Gasteiger partial charge in [0.15, 0.2) is 0 Å². The third-order valence-electron chi connectivity index (χ3n) is 2.74. The van der Waals surface area contributed by atoms with Crippen molar-refractivity contribution in [2.24, 2.45) is 11.7 Å². The Kier molecular flexibility index (Phi) is 10.3. The lowest BCUT2D eigenvalue weighted by molar-refractivity contribution is -0.147. The molecule has 0 saturated carbocycles. The Labute approximate surface area is 122 Å². The van der Waals surface area contributed by atoms with E-state index in [4.69, 9.17) is 10.5 Å². The summed E-state index contributed by atoms with van der Waals surface area (Å²) in [5, 5.41) is 0. The molecule has 0 aliphatic rings. The van der Waals surface area contributed by atoms with Gasteiger partial charge in [0.05, 0.1) is 5.92 Å². The average Bonchev–Trinajstić information content (AvgIpc) is 2.47. The van der Waals surface area contributed by atoms with Crippen LogP contribution >= 0.6 is 0 Å². The normalized spacial score (nSPS) is 12.6. The van der Waals surface area contributed by atoms with E-state index in [0.717, 1.165) is 6.42 Å². The van der Waals surface area contributed by atoms with Crippen molar-refractivity contribution in [2.45, 2.75) is 39.7 Å². The first kappa shape index (κ1) is 18.4. The average molecular weight is 277 g/mol. The first-order chi connectivity index (χ1) is 9.63. The molecule has 2 atom stereocenters. The zero-order valence-corrected chi connectivity index (χ0v) is 12.8. The van der Waals surface area contributed by atoms with Gasteiger partial charge in [0.25, 0.3) is 0 Å². The van der Waals surface area contributed by atoms with Gasteiger partial charge in [-0.15, -0.1) is 0 Å². The van der Waals surface area contributed by atoms with E-state index < -0.39 is 0 Å². The lowest BCUT2D eigenvalue weighted by atomic mass is 9.97. The van der Waals surface area contributed by atoms with E-state index in [-0.39, 0.29) is 24.5 Å². The molecule has 20 heavy (non-hydrogen) atoms. The highest BCUT2D eigenvalue weighted by molar-refractivity contribution is 5.72. The molecule has 0 aliphatic carbocycles. The third-order valence-corrected chi connectivity index (χ3v) is 2.74. The van der Waals surface area contributed by atoms with Gasteiger partial charge in [-0.05, 0) is 18.4 Å². The number of nitrogens with two attached hydrogens (primary N) is 1. The molecule has 0 radical (unpaired) electrons. The Bertz CT molecular complexity index is 376. The zero-order valence-electron chi connectivity index (χ0n) is 12.8. The highest BCUT2D eigenvalue weighted by atomic mass is 16.5. The maximum absolute atomic E-state index is 11.6. The summed E-state index contributed by atoms with van der Waals surface area (Å²) in [5.74, 6) is -0.387. The molecule has 112 valence electrons. The van der Waals surface area contributed by atoms with Gasteiger partial charge in [0, 0.05) is 6.04 Å². The predicted molar refractivity (Wildman–Crippen MR) is 84.4 cm³/mol. The lowest BCUT2D eigenvalue weighted by Crippen LogP contribution is -2.29. The van der Waals surface area contributed by atoms with Crippen LogP contribution in [0.1, 0.15) is 32.8 Å². The SMILES string of the molecule is C=CCOC(=O)C(C)CC(N)Cc1ccccc1.CC. The van der Waals surface area contributed by atoms with Crippen LogP contribution in [0.25, 0.3) is 0 Å². The Hall–Kier alpha value is -1.61. The van der Waals surface area contributed by atoms with E-state index in [2.05, 4.69) is 6.58 Å². The number of benzene rings is 1. The molecular weight excluding hydrogens is 250 g/mol. The largest absolute Gasteiger partial charge is 0.461 e. The van der Waals surface area contributed by atoms with E-state index >= 15 is 0 Å². The Morgan fingerprint density at radius 2 is 1.95 bits per heavy atom. The summed E-state index contributed by atoms with van der Waals surface area (Å²) in [6.45, 7) is 9.61. The van der Waals surface area contributed by atoms with Crippen LogP contribution in [0.2, 0.25) is 0 Å². The molecule has 0 saturated heterocycles. The van der Waals surface area contributed by atoms with Crippen molar-refractivity contribution in [3.63, 3.8) is 0 Å². The number of hydrogen-bond donors (Lipinski definition) is 1. The summed E-state index contributed by atoms with van der Waals surface area (Å²) in [6, 6.07) is 10.0. The molecule has 0 amide bonds. The molecule has 3 heteroatoms. The maximum atomic E-state index is 11.6. The summed E-state index contributed by atoms with van der Waals surface area (Å²) >= 11 is 0. The van der Waals surface area contributed by atoms with Crippen molar-refractivity contribution >= 4 is 5.97 Å². The van der Waals surface area contributed by atoms with Gasteiger partial charge < -0.3 is 10.5 Å². The zero-order chi connectivity index (χ0) is 15.4. The van der Waals surface area contributed by atoms with E-state index in [9.17, 15) is 4.79 Å². The van der Waals surface area contributed by atoms with Crippen LogP contribution in [0.5, 0.6) is 0 Å². The van der Waals surface area contributed by atoms with E-state index in [0.29, 0.717) is 6.42 Å². The molecule has 1 aromatic rings. The minimum atomic E-state index is -0.210. The smallest absolute Gasteiger partial charge is 0.309 e. The second-order valence-electron chi connectivity index (χ2n) is 4.51. The van der Waals surface area contributed by atoms with Gasteiger partial charge >= 0.3 is 5.97 Å². The topological polar surface area (TPSA) is 52.3 Å². The van der Waals surface area contributed by atoms with Crippen LogP contribution in [-0.4, -0.2) is 18.6 Å². The van der Waals surface area contributed by atoms with Crippen molar-refractivity contribution < 1.29 is 9.53 Å². The van der Waals surface area contributed by atoms with Crippen LogP contribution in [0.15, 0.2) is 43.0 Å². The van der Waals surface area contributed by atoms with Crippen molar-refractivity contribution in [3.8, 4) is 0 Å². The first-order valence-electron chi connectivity index (χ1n) is 7.20. The number of carbonyl (C=O) groups excluding carboxylic acids is 1. The van der Waals surface area contributed by atoms with Crippen molar-refractivity contribution in [2.75, 3.05) is 6.61 Å². The highest BCUT2D eigenvalue weighted by Crippen LogP contribution is 2.11. The van der Waals surface area contributed by atoms with Gasteiger partial charge in [-0.1, -0.05) is 63.8 Å². The minimum Gasteiger partial charge on any atom is -0.461 e. The molecule has 0 bridgehead atoms. The fourth-order valence-electron chi connectivity index (χ4n) is 1.83. The van der Waals surface area contributed by atoms with Crippen LogP contribution < -0.4 is 5.73 Å². The fraction of sp³-hybridized carbons (Fsp3) is 0.471. The predicted octanol–water partition coefficient (Wildman–Crippen LogP) is 3.34. The number of carbonyl (C=O) groups is 1. The van der Waals surface area contributed by atoms with Crippen LogP contribution in [0, 0.1) is 5.92 Å². The molecule has 3 nitrogen and oxygen atoms in total. The van der Waals surface area contributed by atoms with Gasteiger partial charge in [-0.2, -0.15) is 0 Å². The molecule has 2 N–H and O–H groups in total. The third kappa shape index (κ3) is 7.74. The molecule has 0 aromatic heterocycles. The van der Waals surface area contributed by atoms with Gasteiger partial charge in [-0.25, -0.2) is 0 Å². The first-order valence-corrected chi connectivity index (χ1v) is 7.20. The Balaban J connectivity index is 0.00000172. The van der Waals surface area contributed by atoms with E-state index in [1.54, 1.807) is 6.08 Å². The Morgan fingerprint density at radius 3 is 2.50 bits per heavy atom. The molecule has 1 rings (SSSR count). The number of hydrogen-bond acceptors (Lipinski definition) is 3. The summed E-state index contributed by atoms with van der Waals surface area (Å²) < 4.78 is 4.99. The molecule has 0 spiro atoms. The number of ether oxygens (including phenoxy) is 1. The van der Waals surface area contributed by atoms with Crippen LogP contribution in [0.3, 0.4) is 0 Å². The second-order valence-corrected chi connectivity index (χ2v) is 4.51. The fourth-order valence-corrected chi connectivity index (χ4v) is 1.83. The number of rotatable bonds is 7. The number of esters is 1. The molecule has 2 unspecified atom stereocenters. The summed E-state index contributed by atoms with van der Waals surface area (Å²) in [4.78, 5) is 11.6. The lowest BCUT2D eigenvalue weighted by Gasteiger charge is -2.16. The summed E-state index contributed by atoms with van der Waals surface area (Å²) in [5.41, 5.74) is 7.24. The van der Waals surface area contributed by atoms with Gasteiger partial charge in [-0.3, -0.25) is 4.79 Å². The van der Waals surface area contributed by atoms with Crippen LogP contribution in [-0.2, 0) is 16.0 Å². The van der Waals surface area contributed by atoms with Crippen molar-refractivity contribution in [3.05, 3.63) is 48.6 Å². The molecule has 0 heterocycles. The second kappa shape index (κ2) is 11.2. The summed E-state index contributed by atoms with van der Waals surface area (Å²) in [7, 11) is 0. The molecular formula is C17H27NO2. The van der Waals surface area contributed by atoms with E-state index in [1.165, 1.54) is 5.56 Å². The van der Waals surface area contributed by atoms with Crippen molar-refractivity contribution in [1.82, 2.24) is 0 Å². The van der Waals surface area contributed by atoms with Crippen LogP contribution in [0.4, 0.5) is 0 Å². The monoisotopic (exact) mass is 277 g/mol. The molecule has 1 aromatic carbocycles. The van der Waals surface area contributed by atoms with E-state index in [1.807, 2.05) is 51.1 Å². The standard InChI is InChI=1S/C15H21NO2.C2H6/c1-3-9-18-15(17)12(2)10-14(16)11-13-7-5-4-6-8-13;1-2/h3-8,12,14H,1,9-11,16H2,2H3;1-2H3. The summed E-state index contributed by atoms with van der Waals surface area (Å²) in [6.07, 6.45) is 2.97. The highest BCUT2D eigenvalue weighted by Gasteiger charge is 2.17.